The zero-order chi connectivity index (χ0) is 82.8. The summed E-state index contributed by atoms with van der Waals surface area (Å²) in [6.45, 7) is 13.5. The van der Waals surface area contributed by atoms with Gasteiger partial charge in [0.25, 0.3) is 0 Å². The van der Waals surface area contributed by atoms with Crippen molar-refractivity contribution in [3.05, 3.63) is 236 Å². The van der Waals surface area contributed by atoms with E-state index in [0.717, 1.165) is 46.9 Å². The molecule has 0 aliphatic carbocycles. The highest BCUT2D eigenvalue weighted by Gasteiger charge is 2.43. The van der Waals surface area contributed by atoms with Crippen molar-refractivity contribution in [1.29, 1.82) is 0 Å². The lowest BCUT2D eigenvalue weighted by atomic mass is 10.0. The van der Waals surface area contributed by atoms with Gasteiger partial charge in [0.1, 0.15) is 96.4 Å². The van der Waals surface area contributed by atoms with Crippen LogP contribution in [-0.4, -0.2) is 84.8 Å². The van der Waals surface area contributed by atoms with Gasteiger partial charge in [0.2, 0.25) is 0 Å². The monoisotopic (exact) mass is 1620 g/mol. The molecule has 0 radical (unpaired) electrons. The fourth-order valence-electron chi connectivity index (χ4n) is 11.1. The maximum atomic E-state index is 13.8. The molecule has 113 heavy (non-hydrogen) atoms. The summed E-state index contributed by atoms with van der Waals surface area (Å²) in [6, 6.07) is 13.2. The van der Waals surface area contributed by atoms with Gasteiger partial charge in [-0.2, -0.15) is 52.7 Å². The number of rotatable bonds is 24. The highest BCUT2D eigenvalue weighted by molar-refractivity contribution is 5.58. The highest BCUT2D eigenvalue weighted by Crippen LogP contribution is 2.44. The molecule has 8 heterocycles. The van der Waals surface area contributed by atoms with E-state index in [2.05, 4.69) is 40.8 Å². The lowest BCUT2D eigenvalue weighted by Gasteiger charge is -2.21. The molecule has 0 saturated carbocycles. The van der Waals surface area contributed by atoms with Gasteiger partial charge in [-0.1, -0.05) is 0 Å². The Morgan fingerprint density at radius 2 is 0.513 bits per heavy atom. The molecule has 0 spiro atoms. The first-order chi connectivity index (χ1) is 53.3. The maximum Gasteiger partial charge on any atom is 0.420 e. The van der Waals surface area contributed by atoms with Gasteiger partial charge in [0.15, 0.2) is 98.0 Å². The van der Waals surface area contributed by atoms with E-state index in [-0.39, 0.29) is 83.7 Å². The first-order valence-electron chi connectivity index (χ1n) is 33.5. The Morgan fingerprint density at radius 1 is 0.292 bits per heavy atom. The third-order valence-electron chi connectivity index (χ3n) is 16.2. The number of ether oxygens (including phenoxy) is 8. The third-order valence-corrected chi connectivity index (χ3v) is 16.2. The topological polar surface area (TPSA) is 195 Å². The van der Waals surface area contributed by atoms with Crippen LogP contribution < -0.4 is 18.9 Å². The molecule has 0 bridgehead atoms. The Bertz CT molecular complexity index is 4880. The van der Waals surface area contributed by atoms with Crippen molar-refractivity contribution in [2.45, 2.75) is 131 Å². The van der Waals surface area contributed by atoms with Crippen molar-refractivity contribution in [3.63, 3.8) is 0 Å². The molecule has 0 amide bonds. The van der Waals surface area contributed by atoms with Crippen LogP contribution in [0.15, 0.2) is 116 Å². The molecule has 0 aliphatic heterocycles. The van der Waals surface area contributed by atoms with Gasteiger partial charge in [0.05, 0.1) is 0 Å². The van der Waals surface area contributed by atoms with E-state index in [9.17, 15) is 92.2 Å². The Kier molecular flexibility index (Phi) is 27.5. The van der Waals surface area contributed by atoms with Crippen LogP contribution in [0.25, 0.3) is 22.6 Å². The van der Waals surface area contributed by atoms with E-state index in [1.807, 2.05) is 0 Å². The Hall–Kier alpha value is -11.1. The standard InChI is InChI=1S/C18H15F6N3O2.3C18H16F5N3O2/c1-3-28-8-14-25-26-17-15(18(22,23)24)11(4-5-27(14)17)9(2)29-16-12(20)6-10(19)7-13(16)21;3*1-3-27-9-15-24-25-17-16(18(21,22)23)12(6-7-26(15)17)10(2)28-14-5-4-11(19)8-13(14)20/h4-7,9H,3,8H2,1-2H3;3*4-8,10H,3,9H2,1-2H3. The fraction of sp³-hybridized carbons (Fsp3) is 0.333. The molecule has 0 fully saturated rings. The molecular formula is C72H63F21N12O8. The predicted molar refractivity (Wildman–Crippen MR) is 355 cm³/mol. The lowest BCUT2D eigenvalue weighted by Crippen LogP contribution is -2.17. The Morgan fingerprint density at radius 3 is 0.726 bits per heavy atom. The number of aromatic nitrogens is 12. The molecule has 20 nitrogen and oxygen atoms in total. The summed E-state index contributed by atoms with van der Waals surface area (Å²) >= 11 is 0. The Labute approximate surface area is 625 Å². The highest BCUT2D eigenvalue weighted by atomic mass is 19.4. The van der Waals surface area contributed by atoms with Gasteiger partial charge in [0, 0.05) is 104 Å². The number of alkyl halides is 12. The average Bonchev–Trinajstić information content (AvgIpc) is 1.71. The number of pyridine rings is 4. The minimum absolute atomic E-state index is 0.00115. The van der Waals surface area contributed by atoms with Crippen LogP contribution >= 0.6 is 0 Å². The molecule has 4 unspecified atom stereocenters. The molecular weight excluding hydrogens is 1560 g/mol. The minimum Gasteiger partial charge on any atom is -0.483 e. The normalized spacial score (nSPS) is 13.1. The largest absolute Gasteiger partial charge is 0.483 e. The maximum absolute atomic E-state index is 13.8. The third kappa shape index (κ3) is 20.4. The van der Waals surface area contributed by atoms with E-state index in [1.54, 1.807) is 27.7 Å². The number of hydrogen-bond acceptors (Lipinski definition) is 16. The minimum atomic E-state index is -4.86. The summed E-state index contributed by atoms with van der Waals surface area (Å²) in [5, 5.41) is 29.5. The molecule has 41 heteroatoms. The molecule has 4 atom stereocenters. The molecule has 0 saturated heterocycles. The van der Waals surface area contributed by atoms with Gasteiger partial charge < -0.3 is 37.9 Å². The van der Waals surface area contributed by atoms with Crippen molar-refractivity contribution in [3.8, 4) is 23.0 Å². The quantitative estimate of drug-likeness (QED) is 0.0518. The van der Waals surface area contributed by atoms with E-state index in [1.165, 1.54) is 83.9 Å². The van der Waals surface area contributed by atoms with E-state index < -0.39 is 158 Å². The fourth-order valence-corrected chi connectivity index (χ4v) is 11.1. The van der Waals surface area contributed by atoms with Crippen molar-refractivity contribution in [1.82, 2.24) is 58.4 Å². The molecule has 8 aromatic heterocycles. The molecule has 606 valence electrons. The number of halogens is 21. The average molecular weight is 1620 g/mol. The van der Waals surface area contributed by atoms with Crippen molar-refractivity contribution in [2.75, 3.05) is 26.4 Å². The molecule has 0 N–H and O–H groups in total. The van der Waals surface area contributed by atoms with E-state index in [0.29, 0.717) is 56.8 Å². The van der Waals surface area contributed by atoms with Crippen molar-refractivity contribution < 1.29 is 130 Å². The van der Waals surface area contributed by atoms with Crippen molar-refractivity contribution >= 4 is 22.6 Å². The number of benzene rings is 4. The summed E-state index contributed by atoms with van der Waals surface area (Å²) in [5.41, 5.74) is -7.17. The molecule has 0 aliphatic rings. The van der Waals surface area contributed by atoms with Gasteiger partial charge in [-0.15, -0.1) is 40.8 Å². The van der Waals surface area contributed by atoms with Crippen LogP contribution in [0.1, 0.15) is 148 Å². The lowest BCUT2D eigenvalue weighted by molar-refractivity contribution is -0.138. The Balaban J connectivity index is 0.000000173. The number of fused-ring (bicyclic) bond motifs is 4. The van der Waals surface area contributed by atoms with Crippen LogP contribution in [0.4, 0.5) is 92.2 Å². The molecule has 12 aromatic rings. The summed E-state index contributed by atoms with van der Waals surface area (Å²) < 4.78 is 333. The van der Waals surface area contributed by atoms with Crippen LogP contribution in [-0.2, 0) is 70.1 Å². The zero-order valence-corrected chi connectivity index (χ0v) is 60.0. The number of nitrogens with zero attached hydrogens (tertiary/aromatic N) is 12. The molecule has 12 rings (SSSR count). The van der Waals surface area contributed by atoms with Crippen molar-refractivity contribution in [2.24, 2.45) is 0 Å². The smallest absolute Gasteiger partial charge is 0.420 e. The van der Waals surface area contributed by atoms with Crippen LogP contribution in [0.3, 0.4) is 0 Å². The van der Waals surface area contributed by atoms with Gasteiger partial charge in [-0.3, -0.25) is 17.6 Å². The van der Waals surface area contributed by atoms with Crippen LogP contribution in [0.2, 0.25) is 0 Å². The second kappa shape index (κ2) is 36.2. The summed E-state index contributed by atoms with van der Waals surface area (Å²) in [5.74, 6) is -10.7. The zero-order valence-electron chi connectivity index (χ0n) is 60.0. The molecule has 4 aromatic carbocycles. The number of hydrogen-bond donors (Lipinski definition) is 0. The summed E-state index contributed by atoms with van der Waals surface area (Å²) in [4.78, 5) is 0. The second-order valence-corrected chi connectivity index (χ2v) is 23.8. The van der Waals surface area contributed by atoms with Crippen LogP contribution in [0, 0.1) is 52.4 Å². The predicted octanol–water partition coefficient (Wildman–Crippen LogP) is 19.0. The van der Waals surface area contributed by atoms with Gasteiger partial charge >= 0.3 is 24.7 Å². The van der Waals surface area contributed by atoms with E-state index >= 15 is 0 Å². The summed E-state index contributed by atoms with van der Waals surface area (Å²) in [7, 11) is 0. The summed E-state index contributed by atoms with van der Waals surface area (Å²) in [6.07, 6.45) is -18.7. The first-order valence-corrected chi connectivity index (χ1v) is 33.5. The van der Waals surface area contributed by atoms with Gasteiger partial charge in [-0.05, 0) is 116 Å². The van der Waals surface area contributed by atoms with Gasteiger partial charge in [-0.25, -0.2) is 39.5 Å². The SMILES string of the molecule is CCOCc1nnc2c(C(F)(F)F)c(C(C)Oc3c(F)cc(F)cc3F)ccn12.CCOCc1nnc2c(C(F)(F)F)c(C(C)Oc3ccc(F)cc3F)ccn12.CCOCc1nnc2c(C(F)(F)F)c(C(C)Oc3ccc(F)cc3F)ccn12.CCOCc1nnc2c(C(F)(F)F)c(C(C)Oc3ccc(F)cc3F)ccn12. The second-order valence-electron chi connectivity index (χ2n) is 23.8. The first kappa shape index (κ1) is 85.9. The van der Waals surface area contributed by atoms with E-state index in [4.69, 9.17) is 37.9 Å². The van der Waals surface area contributed by atoms with Crippen LogP contribution in [0.5, 0.6) is 23.0 Å².